The van der Waals surface area contributed by atoms with Gasteiger partial charge in [0.1, 0.15) is 12.4 Å². The molecule has 3 aromatic rings. The Morgan fingerprint density at radius 3 is 2.34 bits per heavy atom. The SMILES string of the molecule is Nc1cc(S(=O)(=O)c2ccc(OC(F)(F)F)cc2)cnc1-c1nnc(COP(=O)(O)O)o1. The Labute approximate surface area is 177 Å². The Morgan fingerprint density at radius 2 is 1.78 bits per heavy atom. The van der Waals surface area contributed by atoms with Crippen molar-refractivity contribution in [3.05, 3.63) is 42.4 Å². The van der Waals surface area contributed by atoms with E-state index in [0.29, 0.717) is 0 Å². The van der Waals surface area contributed by atoms with Gasteiger partial charge < -0.3 is 24.7 Å². The molecule has 1 aromatic carbocycles. The number of hydrogen-bond acceptors (Lipinski definition) is 10. The van der Waals surface area contributed by atoms with Crippen LogP contribution >= 0.6 is 7.82 Å². The van der Waals surface area contributed by atoms with Crippen LogP contribution in [-0.4, -0.2) is 39.7 Å². The second-order valence-electron chi connectivity index (χ2n) is 5.90. The highest BCUT2D eigenvalue weighted by molar-refractivity contribution is 7.91. The number of halogens is 3. The molecule has 0 radical (unpaired) electrons. The maximum atomic E-state index is 12.7. The standard InChI is InChI=1S/C15H12F3N4O8PS/c16-15(17,18)30-8-1-3-9(4-2-8)32(26,27)10-5-11(19)13(20-6-10)14-22-21-12(29-14)7-28-31(23,24)25/h1-6H,7,19H2,(H2,23,24,25). The summed E-state index contributed by atoms with van der Waals surface area (Å²) in [7, 11) is -8.96. The molecule has 17 heteroatoms. The van der Waals surface area contributed by atoms with E-state index in [1.807, 2.05) is 0 Å². The van der Waals surface area contributed by atoms with Gasteiger partial charge in [0.15, 0.2) is 5.69 Å². The van der Waals surface area contributed by atoms with Gasteiger partial charge in [0.2, 0.25) is 15.7 Å². The fourth-order valence-corrected chi connectivity index (χ4v) is 3.81. The molecule has 32 heavy (non-hydrogen) atoms. The first-order valence-corrected chi connectivity index (χ1v) is 11.2. The molecule has 0 aliphatic rings. The van der Waals surface area contributed by atoms with Crippen molar-refractivity contribution in [2.45, 2.75) is 22.8 Å². The molecule has 4 N–H and O–H groups in total. The number of sulfone groups is 1. The Bertz CT molecular complexity index is 1270. The summed E-state index contributed by atoms with van der Waals surface area (Å²) in [6.45, 7) is -0.697. The number of benzene rings is 1. The average Bonchev–Trinajstić information content (AvgIpc) is 3.14. The minimum atomic E-state index is -4.93. The number of ether oxygens (including phenoxy) is 1. The molecule has 0 unspecified atom stereocenters. The number of hydrogen-bond donors (Lipinski definition) is 3. The van der Waals surface area contributed by atoms with Gasteiger partial charge in [-0.15, -0.1) is 23.4 Å². The fourth-order valence-electron chi connectivity index (χ4n) is 2.29. The van der Waals surface area contributed by atoms with Crippen LogP contribution in [0.3, 0.4) is 0 Å². The Kier molecular flexibility index (Phi) is 6.26. The van der Waals surface area contributed by atoms with E-state index in [1.54, 1.807) is 0 Å². The zero-order chi connectivity index (χ0) is 23.7. The molecule has 0 amide bonds. The molecule has 2 heterocycles. The van der Waals surface area contributed by atoms with Crippen molar-refractivity contribution in [2.24, 2.45) is 0 Å². The first-order valence-electron chi connectivity index (χ1n) is 8.14. The molecule has 0 saturated heterocycles. The monoisotopic (exact) mass is 496 g/mol. The van der Waals surface area contributed by atoms with Crippen LogP contribution in [0.15, 0.2) is 50.7 Å². The van der Waals surface area contributed by atoms with Crippen molar-refractivity contribution in [3.8, 4) is 17.3 Å². The number of anilines is 1. The molecule has 172 valence electrons. The summed E-state index contributed by atoms with van der Waals surface area (Å²) in [5.41, 5.74) is 5.50. The number of alkyl halides is 3. The first kappa shape index (κ1) is 23.6. The molecule has 3 rings (SSSR count). The summed E-state index contributed by atoms with van der Waals surface area (Å²) < 4.78 is 85.9. The third-order valence-electron chi connectivity index (χ3n) is 3.60. The van der Waals surface area contributed by atoms with Crippen LogP contribution in [0.25, 0.3) is 11.6 Å². The third-order valence-corrected chi connectivity index (χ3v) is 5.80. The van der Waals surface area contributed by atoms with Crippen molar-refractivity contribution in [1.82, 2.24) is 15.2 Å². The predicted molar refractivity (Wildman–Crippen MR) is 97.4 cm³/mol. The van der Waals surface area contributed by atoms with Gasteiger partial charge in [-0.2, -0.15) is 0 Å². The lowest BCUT2D eigenvalue weighted by Gasteiger charge is -2.10. The topological polar surface area (TPSA) is 188 Å². The van der Waals surface area contributed by atoms with Crippen molar-refractivity contribution in [2.75, 3.05) is 5.73 Å². The smallest absolute Gasteiger partial charge is 0.417 e. The average molecular weight is 496 g/mol. The van der Waals surface area contributed by atoms with Crippen LogP contribution in [0, 0.1) is 0 Å². The van der Waals surface area contributed by atoms with E-state index in [1.165, 1.54) is 0 Å². The summed E-state index contributed by atoms with van der Waals surface area (Å²) in [6.07, 6.45) is -4.01. The second-order valence-corrected chi connectivity index (χ2v) is 9.09. The number of nitrogens with two attached hydrogens (primary N) is 1. The predicted octanol–water partition coefficient (Wildman–Crippen LogP) is 2.05. The van der Waals surface area contributed by atoms with Crippen LogP contribution in [0.5, 0.6) is 5.75 Å². The molecule has 0 aliphatic heterocycles. The van der Waals surface area contributed by atoms with Crippen molar-refractivity contribution >= 4 is 23.3 Å². The molecule has 0 bridgehead atoms. The van der Waals surface area contributed by atoms with E-state index in [4.69, 9.17) is 19.9 Å². The van der Waals surface area contributed by atoms with Gasteiger partial charge in [0, 0.05) is 6.20 Å². The molecular weight excluding hydrogens is 484 g/mol. The van der Waals surface area contributed by atoms with Gasteiger partial charge in [0.25, 0.3) is 5.89 Å². The molecule has 2 aromatic heterocycles. The molecule has 0 atom stereocenters. The normalized spacial score (nSPS) is 12.7. The second kappa shape index (κ2) is 8.48. The lowest BCUT2D eigenvalue weighted by atomic mass is 10.3. The van der Waals surface area contributed by atoms with Gasteiger partial charge in [-0.3, -0.25) is 4.52 Å². The van der Waals surface area contributed by atoms with Gasteiger partial charge >= 0.3 is 14.2 Å². The van der Waals surface area contributed by atoms with Crippen molar-refractivity contribution in [3.63, 3.8) is 0 Å². The minimum Gasteiger partial charge on any atom is -0.417 e. The Hall–Kier alpha value is -3.04. The zero-order valence-electron chi connectivity index (χ0n) is 15.4. The quantitative estimate of drug-likeness (QED) is 0.405. The van der Waals surface area contributed by atoms with Crippen LogP contribution in [0.4, 0.5) is 18.9 Å². The fraction of sp³-hybridized carbons (Fsp3) is 0.133. The lowest BCUT2D eigenvalue weighted by molar-refractivity contribution is -0.274. The molecule has 0 aliphatic carbocycles. The van der Waals surface area contributed by atoms with E-state index in [-0.39, 0.29) is 33.0 Å². The molecule has 12 nitrogen and oxygen atoms in total. The highest BCUT2D eigenvalue weighted by Gasteiger charge is 2.31. The van der Waals surface area contributed by atoms with Crippen molar-refractivity contribution < 1.29 is 49.6 Å². The first-order chi connectivity index (χ1) is 14.7. The van der Waals surface area contributed by atoms with Crippen LogP contribution < -0.4 is 10.5 Å². The van der Waals surface area contributed by atoms with E-state index in [9.17, 15) is 26.2 Å². The number of phosphoric acid groups is 1. The number of rotatable bonds is 7. The zero-order valence-corrected chi connectivity index (χ0v) is 17.1. The summed E-state index contributed by atoms with van der Waals surface area (Å²) in [5.74, 6) is -1.17. The molecule has 0 fully saturated rings. The third kappa shape index (κ3) is 5.80. The maximum absolute atomic E-state index is 12.7. The van der Waals surface area contributed by atoms with E-state index in [0.717, 1.165) is 36.5 Å². The van der Waals surface area contributed by atoms with Gasteiger partial charge in [-0.05, 0) is 30.3 Å². The lowest BCUT2D eigenvalue weighted by Crippen LogP contribution is -2.17. The minimum absolute atomic E-state index is 0.118. The number of aromatic nitrogens is 3. The number of phosphoric ester groups is 1. The van der Waals surface area contributed by atoms with E-state index < -0.39 is 36.4 Å². The summed E-state index contributed by atoms with van der Waals surface area (Å²) >= 11 is 0. The summed E-state index contributed by atoms with van der Waals surface area (Å²) in [4.78, 5) is 20.5. The molecule has 0 saturated carbocycles. The summed E-state index contributed by atoms with van der Waals surface area (Å²) in [6, 6.07) is 4.54. The number of nitrogens with zero attached hydrogens (tertiary/aromatic N) is 3. The van der Waals surface area contributed by atoms with Gasteiger partial charge in [-0.25, -0.2) is 18.0 Å². The maximum Gasteiger partial charge on any atom is 0.573 e. The summed E-state index contributed by atoms with van der Waals surface area (Å²) in [5, 5.41) is 7.09. The Balaban J connectivity index is 1.83. The van der Waals surface area contributed by atoms with E-state index >= 15 is 0 Å². The molecular formula is C15H12F3N4O8PS. The molecule has 0 spiro atoms. The Morgan fingerprint density at radius 1 is 1.12 bits per heavy atom. The highest BCUT2D eigenvalue weighted by Crippen LogP contribution is 2.37. The highest BCUT2D eigenvalue weighted by atomic mass is 32.2. The van der Waals surface area contributed by atoms with Gasteiger partial charge in [0.05, 0.1) is 15.5 Å². The van der Waals surface area contributed by atoms with Crippen molar-refractivity contribution in [1.29, 1.82) is 0 Å². The van der Waals surface area contributed by atoms with Crippen LogP contribution in [0.2, 0.25) is 0 Å². The largest absolute Gasteiger partial charge is 0.573 e. The van der Waals surface area contributed by atoms with Gasteiger partial charge in [-0.1, -0.05) is 0 Å². The number of pyridine rings is 1. The van der Waals surface area contributed by atoms with Crippen LogP contribution in [-0.2, 0) is 25.5 Å². The van der Waals surface area contributed by atoms with Crippen LogP contribution in [0.1, 0.15) is 5.89 Å². The van der Waals surface area contributed by atoms with E-state index in [2.05, 4.69) is 24.4 Å². The number of nitrogen functional groups attached to an aromatic ring is 1.